The van der Waals surface area contributed by atoms with Gasteiger partial charge < -0.3 is 9.30 Å². The number of rotatable bonds is 5. The van der Waals surface area contributed by atoms with Crippen molar-refractivity contribution in [3.63, 3.8) is 0 Å². The highest BCUT2D eigenvalue weighted by atomic mass is 32.1. The number of carbonyl (C=O) groups is 1. The zero-order valence-corrected chi connectivity index (χ0v) is 15.1. The summed E-state index contributed by atoms with van der Waals surface area (Å²) in [7, 11) is 0. The van der Waals surface area contributed by atoms with Crippen molar-refractivity contribution in [3.8, 4) is 11.3 Å². The Labute approximate surface area is 145 Å². The van der Waals surface area contributed by atoms with Crippen LogP contribution >= 0.6 is 11.3 Å². The van der Waals surface area contributed by atoms with E-state index >= 15 is 0 Å². The molecule has 0 bridgehead atoms. The molecule has 1 aliphatic heterocycles. The molecule has 0 spiro atoms. The van der Waals surface area contributed by atoms with Crippen LogP contribution in [0.5, 0.6) is 0 Å². The first-order chi connectivity index (χ1) is 11.5. The molecule has 2 aromatic rings. The summed E-state index contributed by atoms with van der Waals surface area (Å²) in [6, 6.07) is 2.07. The number of aryl methyl sites for hydroxylation is 2. The lowest BCUT2D eigenvalue weighted by molar-refractivity contribution is -0.200. The zero-order chi connectivity index (χ0) is 17.1. The van der Waals surface area contributed by atoms with E-state index in [1.165, 1.54) is 0 Å². The molecule has 1 aliphatic rings. The predicted molar refractivity (Wildman–Crippen MR) is 92.6 cm³/mol. The number of hydrogen-bond acceptors (Lipinski definition) is 5. The second-order valence-corrected chi connectivity index (χ2v) is 7.12. The van der Waals surface area contributed by atoms with E-state index in [0.717, 1.165) is 46.9 Å². The van der Waals surface area contributed by atoms with Gasteiger partial charge in [-0.25, -0.2) is 15.3 Å². The Morgan fingerprint density at radius 1 is 1.46 bits per heavy atom. The smallest absolute Gasteiger partial charge is 0.263 e. The van der Waals surface area contributed by atoms with Gasteiger partial charge in [-0.2, -0.15) is 0 Å². The van der Waals surface area contributed by atoms with Gasteiger partial charge in [0, 0.05) is 35.4 Å². The van der Waals surface area contributed by atoms with Gasteiger partial charge >= 0.3 is 0 Å². The number of ether oxygens (including phenoxy) is 1. The van der Waals surface area contributed by atoms with Gasteiger partial charge in [0.25, 0.3) is 5.91 Å². The SMILES string of the molecule is Cc1nc(-c2cc(C)n(CC(=O)NO[C@@H]3CCCCO3)c2C)cs1. The van der Waals surface area contributed by atoms with Crippen LogP contribution < -0.4 is 5.48 Å². The molecule has 1 saturated heterocycles. The molecule has 0 radical (unpaired) electrons. The third kappa shape index (κ3) is 3.85. The molecule has 1 amide bonds. The van der Waals surface area contributed by atoms with Crippen LogP contribution in [0.2, 0.25) is 0 Å². The number of hydroxylamine groups is 1. The van der Waals surface area contributed by atoms with Crippen LogP contribution in [0.3, 0.4) is 0 Å². The average Bonchev–Trinajstić information content (AvgIpc) is 3.12. The van der Waals surface area contributed by atoms with E-state index in [9.17, 15) is 4.79 Å². The summed E-state index contributed by atoms with van der Waals surface area (Å²) in [5.74, 6) is -0.188. The molecule has 1 atom stereocenters. The lowest BCUT2D eigenvalue weighted by Crippen LogP contribution is -2.35. The Morgan fingerprint density at radius 3 is 2.96 bits per heavy atom. The second kappa shape index (κ2) is 7.46. The molecule has 0 unspecified atom stereocenters. The lowest BCUT2D eigenvalue weighted by atomic mass is 10.2. The van der Waals surface area contributed by atoms with Crippen molar-refractivity contribution in [3.05, 3.63) is 27.8 Å². The van der Waals surface area contributed by atoms with E-state index in [1.807, 2.05) is 30.7 Å². The summed E-state index contributed by atoms with van der Waals surface area (Å²) in [5.41, 5.74) is 6.60. The van der Waals surface area contributed by atoms with Gasteiger partial charge in [0.1, 0.15) is 6.54 Å². The molecular weight excluding hydrogens is 326 g/mol. The largest absolute Gasteiger partial charge is 0.350 e. The first kappa shape index (κ1) is 17.1. The van der Waals surface area contributed by atoms with Gasteiger partial charge in [-0.1, -0.05) is 0 Å². The third-order valence-electron chi connectivity index (χ3n) is 4.21. The maximum Gasteiger partial charge on any atom is 0.263 e. The maximum absolute atomic E-state index is 12.2. The minimum absolute atomic E-state index is 0.188. The Hall–Kier alpha value is -1.70. The summed E-state index contributed by atoms with van der Waals surface area (Å²) in [6.45, 7) is 6.90. The standard InChI is InChI=1S/C17H23N3O3S/c1-11-8-14(15-10-24-13(3)18-15)12(2)20(11)9-16(21)19-23-17-6-4-5-7-22-17/h8,10,17H,4-7,9H2,1-3H3,(H,19,21)/t17-/m1/s1. The van der Waals surface area contributed by atoms with Gasteiger partial charge in [0.05, 0.1) is 10.7 Å². The van der Waals surface area contributed by atoms with Crippen molar-refractivity contribution in [2.75, 3.05) is 6.61 Å². The van der Waals surface area contributed by atoms with Crippen LogP contribution in [0.25, 0.3) is 11.3 Å². The highest BCUT2D eigenvalue weighted by molar-refractivity contribution is 7.09. The molecule has 0 aliphatic carbocycles. The molecule has 1 N–H and O–H groups in total. The van der Waals surface area contributed by atoms with Gasteiger partial charge in [0.15, 0.2) is 6.29 Å². The van der Waals surface area contributed by atoms with Crippen LogP contribution in [0.15, 0.2) is 11.4 Å². The number of amides is 1. The predicted octanol–water partition coefficient (Wildman–Crippen LogP) is 3.11. The van der Waals surface area contributed by atoms with E-state index in [1.54, 1.807) is 11.3 Å². The fourth-order valence-electron chi connectivity index (χ4n) is 2.90. The Bertz CT molecular complexity index is 717. The molecule has 0 aromatic carbocycles. The van der Waals surface area contributed by atoms with E-state index in [0.29, 0.717) is 6.61 Å². The van der Waals surface area contributed by atoms with Crippen molar-refractivity contribution >= 4 is 17.2 Å². The summed E-state index contributed by atoms with van der Waals surface area (Å²) in [5, 5.41) is 3.08. The number of aromatic nitrogens is 2. The molecule has 130 valence electrons. The summed E-state index contributed by atoms with van der Waals surface area (Å²) in [6.07, 6.45) is 2.60. The molecule has 3 heterocycles. The van der Waals surface area contributed by atoms with E-state index < -0.39 is 0 Å². The van der Waals surface area contributed by atoms with Gasteiger partial charge in [-0.05, 0) is 39.7 Å². The number of nitrogens with one attached hydrogen (secondary N) is 1. The molecule has 7 heteroatoms. The lowest BCUT2D eigenvalue weighted by Gasteiger charge is -2.22. The van der Waals surface area contributed by atoms with Crippen LogP contribution in [-0.4, -0.2) is 28.4 Å². The normalized spacial score (nSPS) is 17.9. The second-order valence-electron chi connectivity index (χ2n) is 6.06. The van der Waals surface area contributed by atoms with Crippen molar-refractivity contribution in [1.82, 2.24) is 15.0 Å². The first-order valence-electron chi connectivity index (χ1n) is 8.20. The topological polar surface area (TPSA) is 65.4 Å². The van der Waals surface area contributed by atoms with Crippen LogP contribution in [0, 0.1) is 20.8 Å². The molecule has 1 fully saturated rings. The van der Waals surface area contributed by atoms with E-state index in [2.05, 4.69) is 16.5 Å². The maximum atomic E-state index is 12.2. The van der Waals surface area contributed by atoms with Gasteiger partial charge in [-0.15, -0.1) is 11.3 Å². The summed E-state index contributed by atoms with van der Waals surface area (Å²) >= 11 is 1.63. The van der Waals surface area contributed by atoms with Crippen LogP contribution in [-0.2, 0) is 20.9 Å². The molecule has 6 nitrogen and oxygen atoms in total. The average molecular weight is 349 g/mol. The van der Waals surface area contributed by atoms with Crippen LogP contribution in [0.1, 0.15) is 35.7 Å². The zero-order valence-electron chi connectivity index (χ0n) is 14.3. The number of nitrogens with zero attached hydrogens (tertiary/aromatic N) is 2. The Morgan fingerprint density at radius 2 is 2.29 bits per heavy atom. The molecule has 24 heavy (non-hydrogen) atoms. The van der Waals surface area contributed by atoms with Gasteiger partial charge in [-0.3, -0.25) is 4.79 Å². The summed E-state index contributed by atoms with van der Waals surface area (Å²) < 4.78 is 7.42. The Balaban J connectivity index is 1.64. The van der Waals surface area contributed by atoms with Crippen molar-refractivity contribution in [1.29, 1.82) is 0 Å². The van der Waals surface area contributed by atoms with Gasteiger partial charge in [0.2, 0.25) is 0 Å². The third-order valence-corrected chi connectivity index (χ3v) is 4.99. The van der Waals surface area contributed by atoms with Crippen LogP contribution in [0.4, 0.5) is 0 Å². The highest BCUT2D eigenvalue weighted by Gasteiger charge is 2.18. The minimum Gasteiger partial charge on any atom is -0.350 e. The Kier molecular flexibility index (Phi) is 5.33. The summed E-state index contributed by atoms with van der Waals surface area (Å²) in [4.78, 5) is 22.1. The fraction of sp³-hybridized carbons (Fsp3) is 0.529. The number of hydrogen-bond donors (Lipinski definition) is 1. The minimum atomic E-state index is -0.330. The highest BCUT2D eigenvalue weighted by Crippen LogP contribution is 2.27. The van der Waals surface area contributed by atoms with Crippen molar-refractivity contribution in [2.45, 2.75) is 52.9 Å². The molecular formula is C17H23N3O3S. The van der Waals surface area contributed by atoms with Crippen molar-refractivity contribution < 1.29 is 14.4 Å². The molecule has 0 saturated carbocycles. The number of thiazole rings is 1. The first-order valence-corrected chi connectivity index (χ1v) is 9.08. The monoisotopic (exact) mass is 349 g/mol. The number of carbonyl (C=O) groups excluding carboxylic acids is 1. The molecule has 2 aromatic heterocycles. The van der Waals surface area contributed by atoms with E-state index in [4.69, 9.17) is 9.57 Å². The quantitative estimate of drug-likeness (QED) is 0.843. The molecule has 3 rings (SSSR count). The van der Waals surface area contributed by atoms with E-state index in [-0.39, 0.29) is 18.7 Å². The fourth-order valence-corrected chi connectivity index (χ4v) is 3.52. The van der Waals surface area contributed by atoms with Crippen molar-refractivity contribution in [2.24, 2.45) is 0 Å².